The van der Waals surface area contributed by atoms with Gasteiger partial charge in [-0.3, -0.25) is 19.8 Å². The van der Waals surface area contributed by atoms with E-state index in [0.717, 1.165) is 6.54 Å². The van der Waals surface area contributed by atoms with Crippen molar-refractivity contribution < 1.29 is 9.72 Å². The van der Waals surface area contributed by atoms with Crippen molar-refractivity contribution in [2.24, 2.45) is 5.73 Å². The summed E-state index contributed by atoms with van der Waals surface area (Å²) in [5.74, 6) is -0.667. The molecule has 6 nitrogen and oxygen atoms in total. The molecule has 0 atom stereocenters. The van der Waals surface area contributed by atoms with E-state index in [2.05, 4.69) is 31.7 Å². The van der Waals surface area contributed by atoms with E-state index in [-0.39, 0.29) is 17.3 Å². The molecule has 0 bridgehead atoms. The molecule has 0 fully saturated rings. The third kappa shape index (κ3) is 4.18. The zero-order valence-electron chi connectivity index (χ0n) is 14.0. The number of carbonyl (C=O) groups excluding carboxylic acids is 1. The lowest BCUT2D eigenvalue weighted by molar-refractivity contribution is -0.385. The molecule has 2 aromatic rings. The van der Waals surface area contributed by atoms with Gasteiger partial charge in [0.2, 0.25) is 5.91 Å². The Kier molecular flexibility index (Phi) is 5.69. The molecule has 0 aliphatic rings. The van der Waals surface area contributed by atoms with Gasteiger partial charge in [-0.05, 0) is 43.8 Å². The Labute approximate surface area is 145 Å². The Bertz CT molecular complexity index is 755. The van der Waals surface area contributed by atoms with Crippen molar-refractivity contribution in [3.8, 4) is 0 Å². The fourth-order valence-corrected chi connectivity index (χ4v) is 3.34. The van der Waals surface area contributed by atoms with Gasteiger partial charge in [-0.25, -0.2) is 0 Å². The highest BCUT2D eigenvalue weighted by molar-refractivity contribution is 7.10. The van der Waals surface area contributed by atoms with Crippen LogP contribution in [0.1, 0.15) is 40.2 Å². The van der Waals surface area contributed by atoms with Gasteiger partial charge in [-0.15, -0.1) is 11.3 Å². The number of benzene rings is 1. The van der Waals surface area contributed by atoms with Crippen LogP contribution in [0.5, 0.6) is 0 Å². The number of nitrogens with two attached hydrogens (primary N) is 1. The summed E-state index contributed by atoms with van der Waals surface area (Å²) in [4.78, 5) is 25.6. The number of amides is 1. The molecule has 7 heteroatoms. The van der Waals surface area contributed by atoms with E-state index in [1.54, 1.807) is 23.5 Å². The van der Waals surface area contributed by atoms with E-state index < -0.39 is 10.8 Å². The molecular formula is C17H21N3O3S. The third-order valence-electron chi connectivity index (χ3n) is 3.99. The Morgan fingerprint density at radius 2 is 2.04 bits per heavy atom. The minimum atomic E-state index is -0.667. The average molecular weight is 347 g/mol. The maximum Gasteiger partial charge on any atom is 0.274 e. The molecular weight excluding hydrogens is 326 g/mol. The highest BCUT2D eigenvalue weighted by atomic mass is 32.1. The third-order valence-corrected chi connectivity index (χ3v) is 4.99. The highest BCUT2D eigenvalue weighted by Crippen LogP contribution is 2.25. The molecule has 0 radical (unpaired) electrons. The van der Waals surface area contributed by atoms with Crippen molar-refractivity contribution in [3.63, 3.8) is 0 Å². The van der Waals surface area contributed by atoms with Gasteiger partial charge in [0.1, 0.15) is 0 Å². The lowest BCUT2D eigenvalue weighted by Crippen LogP contribution is -2.30. The summed E-state index contributed by atoms with van der Waals surface area (Å²) >= 11 is 1.69. The van der Waals surface area contributed by atoms with Crippen molar-refractivity contribution in [3.05, 3.63) is 61.3 Å². The Morgan fingerprint density at radius 3 is 2.54 bits per heavy atom. The van der Waals surface area contributed by atoms with Crippen LogP contribution >= 0.6 is 11.3 Å². The van der Waals surface area contributed by atoms with E-state index in [1.165, 1.54) is 16.5 Å². The fraction of sp³-hybridized carbons (Fsp3) is 0.353. The van der Waals surface area contributed by atoms with E-state index in [4.69, 9.17) is 5.73 Å². The molecule has 2 rings (SSSR count). The second-order valence-corrected chi connectivity index (χ2v) is 6.99. The molecule has 128 valence electrons. The molecule has 0 saturated heterocycles. The van der Waals surface area contributed by atoms with Crippen LogP contribution in [-0.2, 0) is 13.1 Å². The van der Waals surface area contributed by atoms with Crippen LogP contribution in [0, 0.1) is 17.0 Å². The van der Waals surface area contributed by atoms with Gasteiger partial charge in [0.05, 0.1) is 4.92 Å². The summed E-state index contributed by atoms with van der Waals surface area (Å²) < 4.78 is 0. The number of hydrogen-bond donors (Lipinski definition) is 1. The summed E-state index contributed by atoms with van der Waals surface area (Å²) in [7, 11) is 0. The van der Waals surface area contributed by atoms with Crippen molar-refractivity contribution in [1.29, 1.82) is 0 Å². The second kappa shape index (κ2) is 7.55. The van der Waals surface area contributed by atoms with E-state index >= 15 is 0 Å². The van der Waals surface area contributed by atoms with Crippen LogP contribution in [0.3, 0.4) is 0 Å². The molecule has 0 saturated carbocycles. The molecule has 1 amide bonds. The topological polar surface area (TPSA) is 89.5 Å². The van der Waals surface area contributed by atoms with Crippen molar-refractivity contribution >= 4 is 22.9 Å². The summed E-state index contributed by atoms with van der Waals surface area (Å²) in [5.41, 5.74) is 7.10. The van der Waals surface area contributed by atoms with Crippen molar-refractivity contribution in [1.82, 2.24) is 4.90 Å². The van der Waals surface area contributed by atoms with Crippen molar-refractivity contribution in [2.75, 3.05) is 0 Å². The van der Waals surface area contributed by atoms with E-state index in [1.807, 2.05) is 5.38 Å². The standard InChI is InChI=1S/C17H21N3O3S/c1-11(2)19(10-16-12(3)6-7-24-16)9-14-5-4-13(17(18)21)8-15(14)20(22)23/h4-8,11H,9-10H2,1-3H3,(H2,18,21). The number of rotatable bonds is 7. The molecule has 1 aromatic carbocycles. The van der Waals surface area contributed by atoms with Crippen LogP contribution in [0.15, 0.2) is 29.6 Å². The quantitative estimate of drug-likeness (QED) is 0.613. The summed E-state index contributed by atoms with van der Waals surface area (Å²) in [6.07, 6.45) is 0. The molecule has 0 aliphatic heterocycles. The van der Waals surface area contributed by atoms with Gasteiger partial charge in [0.15, 0.2) is 0 Å². The summed E-state index contributed by atoms with van der Waals surface area (Å²) in [6, 6.07) is 6.71. The Hall–Kier alpha value is -2.25. The van der Waals surface area contributed by atoms with Crippen LogP contribution in [0.2, 0.25) is 0 Å². The highest BCUT2D eigenvalue weighted by Gasteiger charge is 2.21. The number of nitrogens with zero attached hydrogens (tertiary/aromatic N) is 2. The first-order chi connectivity index (χ1) is 11.3. The molecule has 1 aromatic heterocycles. The maximum absolute atomic E-state index is 11.4. The zero-order valence-corrected chi connectivity index (χ0v) is 14.8. The lowest BCUT2D eigenvalue weighted by Gasteiger charge is -2.26. The molecule has 24 heavy (non-hydrogen) atoms. The van der Waals surface area contributed by atoms with Crippen LogP contribution in [-0.4, -0.2) is 21.8 Å². The van der Waals surface area contributed by atoms with Crippen LogP contribution in [0.4, 0.5) is 5.69 Å². The number of hydrogen-bond acceptors (Lipinski definition) is 5. The summed E-state index contributed by atoms with van der Waals surface area (Å²) in [5, 5.41) is 13.4. The number of nitro groups is 1. The first-order valence-corrected chi connectivity index (χ1v) is 8.51. The molecule has 0 unspecified atom stereocenters. The number of nitro benzene ring substituents is 1. The number of carbonyl (C=O) groups is 1. The first-order valence-electron chi connectivity index (χ1n) is 7.63. The lowest BCUT2D eigenvalue weighted by atomic mass is 10.1. The Morgan fingerprint density at radius 1 is 1.33 bits per heavy atom. The van der Waals surface area contributed by atoms with Gasteiger partial charge in [-0.2, -0.15) is 0 Å². The van der Waals surface area contributed by atoms with Crippen LogP contribution < -0.4 is 5.73 Å². The van der Waals surface area contributed by atoms with Crippen LogP contribution in [0.25, 0.3) is 0 Å². The predicted molar refractivity (Wildman–Crippen MR) is 95.1 cm³/mol. The van der Waals surface area contributed by atoms with E-state index in [0.29, 0.717) is 12.1 Å². The van der Waals surface area contributed by atoms with Gasteiger partial charge in [0.25, 0.3) is 5.69 Å². The minimum Gasteiger partial charge on any atom is -0.366 e. The maximum atomic E-state index is 11.4. The number of primary amides is 1. The second-order valence-electron chi connectivity index (χ2n) is 5.99. The molecule has 0 aliphatic carbocycles. The van der Waals surface area contributed by atoms with Gasteiger partial charge < -0.3 is 5.73 Å². The Balaban J connectivity index is 2.30. The largest absolute Gasteiger partial charge is 0.366 e. The number of thiophene rings is 1. The predicted octanol–water partition coefficient (Wildman–Crippen LogP) is 3.47. The van der Waals surface area contributed by atoms with Gasteiger partial charge in [-0.1, -0.05) is 6.07 Å². The van der Waals surface area contributed by atoms with Crippen molar-refractivity contribution in [2.45, 2.75) is 39.9 Å². The molecule has 1 heterocycles. The summed E-state index contributed by atoms with van der Waals surface area (Å²) in [6.45, 7) is 7.35. The van der Waals surface area contributed by atoms with Gasteiger partial charge >= 0.3 is 0 Å². The zero-order chi connectivity index (χ0) is 17.9. The average Bonchev–Trinajstić information content (AvgIpc) is 2.91. The molecule has 0 spiro atoms. The number of aryl methyl sites for hydroxylation is 1. The SMILES string of the molecule is Cc1ccsc1CN(Cc1ccc(C(N)=O)cc1[N+](=O)[O-])C(C)C. The first kappa shape index (κ1) is 18.1. The van der Waals surface area contributed by atoms with E-state index in [9.17, 15) is 14.9 Å². The van der Waals surface area contributed by atoms with Gasteiger partial charge in [0, 0.05) is 41.2 Å². The smallest absolute Gasteiger partial charge is 0.274 e. The normalized spacial score (nSPS) is 11.2. The fourth-order valence-electron chi connectivity index (χ4n) is 2.41. The monoisotopic (exact) mass is 347 g/mol. The molecule has 2 N–H and O–H groups in total. The minimum absolute atomic E-state index is 0.0696.